The molecule has 0 aliphatic rings. The molecule has 1 aromatic carbocycles. The van der Waals surface area contributed by atoms with E-state index in [2.05, 4.69) is 44.4 Å². The lowest BCUT2D eigenvalue weighted by Gasteiger charge is -2.16. The van der Waals surface area contributed by atoms with E-state index in [4.69, 9.17) is 0 Å². The third-order valence-electron chi connectivity index (χ3n) is 3.69. The molecule has 0 fully saturated rings. The normalized spacial score (nSPS) is 12.4. The number of benzene rings is 1. The van der Waals surface area contributed by atoms with E-state index in [1.54, 1.807) is 28.7 Å². The highest BCUT2D eigenvalue weighted by molar-refractivity contribution is 7.16. The first-order valence-corrected chi connectivity index (χ1v) is 8.09. The zero-order valence-corrected chi connectivity index (χ0v) is 13.2. The standard InChI is InChI=1S/C16H14N6S/c1-11(21-15-14-6-7-23-16(14)19-9-18-15)12-2-4-13(5-3-12)22-10-17-8-20-22/h2-11H,1H3,(H,18,19,21)/t11-/m1/s1. The number of anilines is 1. The fourth-order valence-corrected chi connectivity index (χ4v) is 3.18. The van der Waals surface area contributed by atoms with Crippen LogP contribution in [-0.4, -0.2) is 24.7 Å². The number of fused-ring (bicyclic) bond motifs is 1. The average molecular weight is 322 g/mol. The van der Waals surface area contributed by atoms with Gasteiger partial charge in [-0.2, -0.15) is 5.10 Å². The fourth-order valence-electron chi connectivity index (χ4n) is 2.45. The summed E-state index contributed by atoms with van der Waals surface area (Å²) in [6, 6.07) is 10.4. The molecule has 4 aromatic rings. The Hall–Kier alpha value is -2.80. The summed E-state index contributed by atoms with van der Waals surface area (Å²) in [4.78, 5) is 13.6. The summed E-state index contributed by atoms with van der Waals surface area (Å²) in [5, 5.41) is 10.7. The van der Waals surface area contributed by atoms with Gasteiger partial charge >= 0.3 is 0 Å². The Kier molecular flexibility index (Phi) is 3.47. The van der Waals surface area contributed by atoms with Gasteiger partial charge in [-0.15, -0.1) is 11.3 Å². The highest BCUT2D eigenvalue weighted by Crippen LogP contribution is 2.27. The number of rotatable bonds is 4. The largest absolute Gasteiger partial charge is 0.363 e. The van der Waals surface area contributed by atoms with Crippen LogP contribution in [0.25, 0.3) is 15.9 Å². The number of nitrogens with zero attached hydrogens (tertiary/aromatic N) is 5. The molecule has 0 aliphatic carbocycles. The van der Waals surface area contributed by atoms with Gasteiger partial charge < -0.3 is 5.32 Å². The molecule has 114 valence electrons. The second-order valence-electron chi connectivity index (χ2n) is 5.16. The van der Waals surface area contributed by atoms with Crippen molar-refractivity contribution in [2.45, 2.75) is 13.0 Å². The zero-order valence-electron chi connectivity index (χ0n) is 12.4. The first kappa shape index (κ1) is 13.8. The Morgan fingerprint density at radius 3 is 2.74 bits per heavy atom. The average Bonchev–Trinajstić information content (AvgIpc) is 3.27. The minimum Gasteiger partial charge on any atom is -0.363 e. The lowest BCUT2D eigenvalue weighted by atomic mass is 10.1. The monoisotopic (exact) mass is 322 g/mol. The van der Waals surface area contributed by atoms with E-state index in [1.807, 2.05) is 23.6 Å². The van der Waals surface area contributed by atoms with Gasteiger partial charge in [0.2, 0.25) is 0 Å². The van der Waals surface area contributed by atoms with Gasteiger partial charge in [0.25, 0.3) is 0 Å². The molecule has 23 heavy (non-hydrogen) atoms. The predicted octanol–water partition coefficient (Wildman–Crippen LogP) is 3.45. The Morgan fingerprint density at radius 2 is 1.96 bits per heavy atom. The molecule has 7 heteroatoms. The summed E-state index contributed by atoms with van der Waals surface area (Å²) >= 11 is 1.62. The molecule has 1 atom stereocenters. The van der Waals surface area contributed by atoms with Gasteiger partial charge in [-0.05, 0) is 36.1 Å². The molecule has 3 aromatic heterocycles. The van der Waals surface area contributed by atoms with Crippen LogP contribution in [0.5, 0.6) is 0 Å². The van der Waals surface area contributed by atoms with Crippen molar-refractivity contribution in [3.63, 3.8) is 0 Å². The van der Waals surface area contributed by atoms with Crippen LogP contribution in [0, 0.1) is 0 Å². The van der Waals surface area contributed by atoms with E-state index in [9.17, 15) is 0 Å². The molecule has 4 rings (SSSR count). The van der Waals surface area contributed by atoms with Gasteiger partial charge in [0.1, 0.15) is 29.6 Å². The van der Waals surface area contributed by atoms with Gasteiger partial charge in [-0.1, -0.05) is 12.1 Å². The molecule has 0 saturated heterocycles. The highest BCUT2D eigenvalue weighted by atomic mass is 32.1. The first-order chi connectivity index (χ1) is 11.3. The number of thiophene rings is 1. The van der Waals surface area contributed by atoms with E-state index in [1.165, 1.54) is 11.9 Å². The Morgan fingerprint density at radius 1 is 1.09 bits per heavy atom. The minimum absolute atomic E-state index is 0.137. The Balaban J connectivity index is 1.57. The van der Waals surface area contributed by atoms with Crippen LogP contribution in [0.15, 0.2) is 54.7 Å². The van der Waals surface area contributed by atoms with Crippen molar-refractivity contribution >= 4 is 27.4 Å². The van der Waals surface area contributed by atoms with E-state index < -0.39 is 0 Å². The molecule has 6 nitrogen and oxygen atoms in total. The van der Waals surface area contributed by atoms with E-state index in [-0.39, 0.29) is 6.04 Å². The number of hydrogen-bond donors (Lipinski definition) is 1. The lowest BCUT2D eigenvalue weighted by Crippen LogP contribution is -2.08. The summed E-state index contributed by atoms with van der Waals surface area (Å²) in [5.41, 5.74) is 2.16. The molecule has 0 saturated carbocycles. The molecule has 0 unspecified atom stereocenters. The van der Waals surface area contributed by atoms with Crippen molar-refractivity contribution in [1.82, 2.24) is 24.7 Å². The number of aromatic nitrogens is 5. The van der Waals surface area contributed by atoms with E-state index >= 15 is 0 Å². The third kappa shape index (κ3) is 2.66. The topological polar surface area (TPSA) is 68.5 Å². The summed E-state index contributed by atoms with van der Waals surface area (Å²) in [6.45, 7) is 2.12. The molecule has 3 heterocycles. The Bertz CT molecular complexity index is 913. The van der Waals surface area contributed by atoms with Crippen molar-refractivity contribution in [2.24, 2.45) is 0 Å². The van der Waals surface area contributed by atoms with Crippen molar-refractivity contribution in [2.75, 3.05) is 5.32 Å². The van der Waals surface area contributed by atoms with Crippen LogP contribution >= 0.6 is 11.3 Å². The quantitative estimate of drug-likeness (QED) is 0.623. The predicted molar refractivity (Wildman–Crippen MR) is 90.8 cm³/mol. The summed E-state index contributed by atoms with van der Waals surface area (Å²) < 4.78 is 1.74. The highest BCUT2D eigenvalue weighted by Gasteiger charge is 2.10. The maximum atomic E-state index is 4.36. The number of nitrogens with one attached hydrogen (secondary N) is 1. The van der Waals surface area contributed by atoms with E-state index in [0.29, 0.717) is 0 Å². The lowest BCUT2D eigenvalue weighted by molar-refractivity contribution is 0.859. The van der Waals surface area contributed by atoms with Gasteiger partial charge in [-0.25, -0.2) is 19.6 Å². The first-order valence-electron chi connectivity index (χ1n) is 7.21. The van der Waals surface area contributed by atoms with Crippen LogP contribution in [-0.2, 0) is 0 Å². The van der Waals surface area contributed by atoms with Gasteiger partial charge in [0, 0.05) is 6.04 Å². The maximum Gasteiger partial charge on any atom is 0.138 e. The Labute approximate surface area is 136 Å². The second-order valence-corrected chi connectivity index (χ2v) is 6.05. The van der Waals surface area contributed by atoms with E-state index in [0.717, 1.165) is 21.7 Å². The molecular weight excluding hydrogens is 308 g/mol. The number of hydrogen-bond acceptors (Lipinski definition) is 6. The SMILES string of the molecule is C[C@@H](Nc1ncnc2sccc12)c1ccc(-n2cncn2)cc1. The summed E-state index contributed by atoms with van der Waals surface area (Å²) in [6.07, 6.45) is 4.81. The molecular formula is C16H14N6S. The van der Waals surface area contributed by atoms with Gasteiger partial charge in [0.15, 0.2) is 0 Å². The molecule has 0 aliphatic heterocycles. The van der Waals surface area contributed by atoms with Gasteiger partial charge in [0.05, 0.1) is 11.1 Å². The van der Waals surface area contributed by atoms with Crippen LogP contribution in [0.4, 0.5) is 5.82 Å². The zero-order chi connectivity index (χ0) is 15.6. The molecule has 0 bridgehead atoms. The van der Waals surface area contributed by atoms with Crippen molar-refractivity contribution in [3.8, 4) is 5.69 Å². The molecule has 0 spiro atoms. The van der Waals surface area contributed by atoms with Crippen LogP contribution in [0.3, 0.4) is 0 Å². The van der Waals surface area contributed by atoms with Crippen LogP contribution < -0.4 is 5.32 Å². The van der Waals surface area contributed by atoms with Crippen LogP contribution in [0.1, 0.15) is 18.5 Å². The second kappa shape index (κ2) is 5.77. The molecule has 1 N–H and O–H groups in total. The summed E-state index contributed by atoms with van der Waals surface area (Å²) in [5.74, 6) is 0.865. The third-order valence-corrected chi connectivity index (χ3v) is 4.51. The summed E-state index contributed by atoms with van der Waals surface area (Å²) in [7, 11) is 0. The van der Waals surface area contributed by atoms with Crippen molar-refractivity contribution < 1.29 is 0 Å². The molecule has 0 radical (unpaired) electrons. The maximum absolute atomic E-state index is 4.36. The smallest absolute Gasteiger partial charge is 0.138 e. The van der Waals surface area contributed by atoms with Crippen molar-refractivity contribution in [1.29, 1.82) is 0 Å². The van der Waals surface area contributed by atoms with Crippen molar-refractivity contribution in [3.05, 3.63) is 60.3 Å². The van der Waals surface area contributed by atoms with Gasteiger partial charge in [-0.3, -0.25) is 0 Å². The fraction of sp³-hybridized carbons (Fsp3) is 0.125. The minimum atomic E-state index is 0.137. The van der Waals surface area contributed by atoms with Crippen LogP contribution in [0.2, 0.25) is 0 Å². The molecule has 0 amide bonds.